The lowest BCUT2D eigenvalue weighted by Crippen LogP contribution is -2.46. The molecule has 0 aromatic carbocycles. The fourth-order valence-corrected chi connectivity index (χ4v) is 3.05. The van der Waals surface area contributed by atoms with Crippen LogP contribution < -0.4 is 15.4 Å². The fourth-order valence-electron chi connectivity index (χ4n) is 3.05. The van der Waals surface area contributed by atoms with E-state index in [1.807, 2.05) is 20.8 Å². The predicted octanol–water partition coefficient (Wildman–Crippen LogP) is 0.660. The molecule has 0 saturated heterocycles. The van der Waals surface area contributed by atoms with Crippen LogP contribution in [0.4, 0.5) is 0 Å². The second-order valence-corrected chi connectivity index (χ2v) is 7.83. The van der Waals surface area contributed by atoms with Crippen LogP contribution in [-0.4, -0.2) is 51.1 Å². The first-order valence-electron chi connectivity index (χ1n) is 9.87. The Hall–Kier alpha value is -3.10. The van der Waals surface area contributed by atoms with Crippen LogP contribution in [0, 0.1) is 5.92 Å². The van der Waals surface area contributed by atoms with Crippen molar-refractivity contribution in [2.45, 2.75) is 46.2 Å². The Morgan fingerprint density at radius 3 is 2.72 bits per heavy atom. The molecule has 0 aliphatic heterocycles. The van der Waals surface area contributed by atoms with Crippen LogP contribution in [0.25, 0.3) is 11.7 Å². The summed E-state index contributed by atoms with van der Waals surface area (Å²) in [5.74, 6) is -0.971. The van der Waals surface area contributed by atoms with Gasteiger partial charge in [-0.2, -0.15) is 4.57 Å². The maximum atomic E-state index is 12.9. The quantitative estimate of drug-likeness (QED) is 0.467. The number of fused-ring (bicyclic) bond motifs is 1. The van der Waals surface area contributed by atoms with Crippen LogP contribution in [0.1, 0.15) is 49.5 Å². The van der Waals surface area contributed by atoms with E-state index in [0.29, 0.717) is 24.3 Å². The number of carbonyl (C=O) groups excluding carboxylic acids is 2. The molecule has 0 spiro atoms. The zero-order chi connectivity index (χ0) is 21.3. The van der Waals surface area contributed by atoms with Crippen LogP contribution >= 0.6 is 0 Å². The number of nitrogens with zero attached hydrogens (tertiary/aromatic N) is 3. The van der Waals surface area contributed by atoms with E-state index < -0.39 is 11.5 Å². The molecule has 9 heteroatoms. The minimum Gasteiger partial charge on any atom is -0.477 e. The Morgan fingerprint density at radius 2 is 2.14 bits per heavy atom. The molecule has 2 aromatic heterocycles. The Morgan fingerprint density at radius 1 is 1.45 bits per heavy atom. The topological polar surface area (TPSA) is 111 Å². The summed E-state index contributed by atoms with van der Waals surface area (Å²) in [6, 6.07) is 0.0595. The maximum Gasteiger partial charge on any atom is 0.378 e. The van der Waals surface area contributed by atoms with E-state index in [1.165, 1.54) is 15.2 Å². The number of H-pyrrole nitrogens is 1. The Labute approximate surface area is 168 Å². The van der Waals surface area contributed by atoms with E-state index in [4.69, 9.17) is 0 Å². The van der Waals surface area contributed by atoms with E-state index in [2.05, 4.69) is 10.4 Å². The molecule has 3 rings (SSSR count). The molecule has 2 amide bonds. The van der Waals surface area contributed by atoms with Gasteiger partial charge in [-0.15, -0.1) is 0 Å². The summed E-state index contributed by atoms with van der Waals surface area (Å²) >= 11 is 0. The zero-order valence-electron chi connectivity index (χ0n) is 17.2. The summed E-state index contributed by atoms with van der Waals surface area (Å²) in [5.41, 5.74) is 0.0407. The van der Waals surface area contributed by atoms with Gasteiger partial charge in [0.2, 0.25) is 11.5 Å². The van der Waals surface area contributed by atoms with E-state index in [0.717, 1.165) is 12.8 Å². The number of likely N-dealkylation sites (N-methyl/N-ethyl adjacent to an activating group) is 1. The highest BCUT2D eigenvalue weighted by atomic mass is 16.3. The Bertz CT molecular complexity index is 1030. The van der Waals surface area contributed by atoms with Crippen molar-refractivity contribution in [1.29, 1.82) is 0 Å². The van der Waals surface area contributed by atoms with Gasteiger partial charge in [0, 0.05) is 25.7 Å². The monoisotopic (exact) mass is 402 g/mol. The Kier molecular flexibility index (Phi) is 5.76. The molecule has 0 atom stereocenters. The summed E-state index contributed by atoms with van der Waals surface area (Å²) in [4.78, 5) is 39.2. The molecule has 1 aliphatic rings. The molecule has 1 saturated carbocycles. The lowest BCUT2D eigenvalue weighted by atomic mass is 10.2. The van der Waals surface area contributed by atoms with Crippen molar-refractivity contribution >= 4 is 23.5 Å². The normalized spacial score (nSPS) is 14.1. The largest absolute Gasteiger partial charge is 0.477 e. The Balaban J connectivity index is 2.14. The number of carbonyl (C=O) groups is 2. The smallest absolute Gasteiger partial charge is 0.378 e. The highest BCUT2D eigenvalue weighted by molar-refractivity contribution is 5.96. The number of hydrogen-bond donors (Lipinski definition) is 3. The average molecular weight is 402 g/mol. The molecule has 2 aromatic rings. The van der Waals surface area contributed by atoms with Gasteiger partial charge < -0.3 is 15.3 Å². The molecule has 0 unspecified atom stereocenters. The van der Waals surface area contributed by atoms with Gasteiger partial charge in [0.1, 0.15) is 0 Å². The highest BCUT2D eigenvalue weighted by Crippen LogP contribution is 2.21. The molecule has 0 radical (unpaired) electrons. The van der Waals surface area contributed by atoms with E-state index in [9.17, 15) is 19.5 Å². The molecular formula is C20H28N5O4+. The van der Waals surface area contributed by atoms with Crippen LogP contribution in [0.2, 0.25) is 0 Å². The summed E-state index contributed by atoms with van der Waals surface area (Å²) < 4.78 is 2.77. The van der Waals surface area contributed by atoms with E-state index in [-0.39, 0.29) is 29.3 Å². The molecule has 156 valence electrons. The number of hydrogen-bond acceptors (Lipinski definition) is 4. The molecule has 1 fully saturated rings. The second-order valence-electron chi connectivity index (χ2n) is 7.83. The molecule has 1 aliphatic carbocycles. The summed E-state index contributed by atoms with van der Waals surface area (Å²) in [6.07, 6.45) is 6.34. The summed E-state index contributed by atoms with van der Waals surface area (Å²) in [6.45, 7) is 6.78. The van der Waals surface area contributed by atoms with Crippen LogP contribution in [0.15, 0.2) is 17.1 Å². The molecule has 3 N–H and O–H groups in total. The van der Waals surface area contributed by atoms with Crippen molar-refractivity contribution in [2.24, 2.45) is 5.92 Å². The van der Waals surface area contributed by atoms with Crippen molar-refractivity contribution in [1.82, 2.24) is 19.8 Å². The number of aromatic nitrogens is 3. The maximum absolute atomic E-state index is 12.9. The van der Waals surface area contributed by atoms with Gasteiger partial charge >= 0.3 is 17.1 Å². The first kappa shape index (κ1) is 20.6. The third-order valence-corrected chi connectivity index (χ3v) is 4.91. The summed E-state index contributed by atoms with van der Waals surface area (Å²) in [7, 11) is 1.70. The van der Waals surface area contributed by atoms with Crippen molar-refractivity contribution in [2.75, 3.05) is 13.6 Å². The third-order valence-electron chi connectivity index (χ3n) is 4.91. The minimum atomic E-state index is -0.632. The molecule has 2 heterocycles. The number of rotatable bonds is 7. The first-order chi connectivity index (χ1) is 13.7. The van der Waals surface area contributed by atoms with Crippen molar-refractivity contribution in [3.63, 3.8) is 0 Å². The minimum absolute atomic E-state index is 0.0595. The fraction of sp³-hybridized carbons (Fsp3) is 0.500. The average Bonchev–Trinajstić information content (AvgIpc) is 3.38. The van der Waals surface area contributed by atoms with Gasteiger partial charge in [-0.25, -0.2) is 9.89 Å². The van der Waals surface area contributed by atoms with Crippen LogP contribution in [0.3, 0.4) is 0 Å². The van der Waals surface area contributed by atoms with Crippen molar-refractivity contribution < 1.29 is 19.3 Å². The lowest BCUT2D eigenvalue weighted by Gasteiger charge is -2.11. The molecule has 29 heavy (non-hydrogen) atoms. The molecular weight excluding hydrogens is 374 g/mol. The SMILES string of the molecule is CCN(C)C(=O)/C=C/c1c[nH]n2c(=O)c(C(=O)NC3CC3)c(O)[n+](CC(C)C)c12. The zero-order valence-corrected chi connectivity index (χ0v) is 17.2. The van der Waals surface area contributed by atoms with Gasteiger partial charge in [0.25, 0.3) is 5.91 Å². The highest BCUT2D eigenvalue weighted by Gasteiger charge is 2.34. The number of amides is 2. The van der Waals surface area contributed by atoms with Gasteiger partial charge in [0.05, 0.1) is 18.3 Å². The van der Waals surface area contributed by atoms with Crippen molar-refractivity contribution in [3.8, 4) is 5.88 Å². The molecule has 9 nitrogen and oxygen atoms in total. The summed E-state index contributed by atoms with van der Waals surface area (Å²) in [5, 5.41) is 16.4. The third kappa shape index (κ3) is 4.18. The number of aromatic hydroxyl groups is 1. The lowest BCUT2D eigenvalue weighted by molar-refractivity contribution is -0.686. The van der Waals surface area contributed by atoms with Gasteiger partial charge in [-0.1, -0.05) is 18.4 Å². The second kappa shape index (κ2) is 8.10. The van der Waals surface area contributed by atoms with Gasteiger partial charge in [-0.05, 0) is 31.8 Å². The van der Waals surface area contributed by atoms with E-state index in [1.54, 1.807) is 24.2 Å². The van der Waals surface area contributed by atoms with Gasteiger partial charge in [-0.3, -0.25) is 9.59 Å². The number of nitrogens with one attached hydrogen (secondary N) is 2. The predicted molar refractivity (Wildman–Crippen MR) is 108 cm³/mol. The van der Waals surface area contributed by atoms with E-state index >= 15 is 0 Å². The van der Waals surface area contributed by atoms with Crippen LogP contribution in [-0.2, 0) is 11.3 Å². The first-order valence-corrected chi connectivity index (χ1v) is 9.87. The van der Waals surface area contributed by atoms with Gasteiger partial charge in [0.15, 0.2) is 0 Å². The molecule has 0 bridgehead atoms. The van der Waals surface area contributed by atoms with Crippen LogP contribution in [0.5, 0.6) is 5.88 Å². The number of aromatic amines is 1. The van der Waals surface area contributed by atoms with Crippen molar-refractivity contribution in [3.05, 3.63) is 33.8 Å². The standard InChI is InChI=1S/C20H27N5O4/c1-5-23(4)15(26)9-6-13-10-21-25-18(13)24(11-12(2)3)19(28)16(20(25)29)17(27)22-14-7-8-14/h6,9-10,12,14H,5,7-8,11H2,1-4H3,(H2,22,27,28,29)/p+1/b9-6+.